The van der Waals surface area contributed by atoms with E-state index in [9.17, 15) is 9.18 Å². The number of halogens is 1. The molecular weight excluding hydrogens is 313 g/mol. The summed E-state index contributed by atoms with van der Waals surface area (Å²) < 4.78 is 12.8. The molecule has 25 heavy (non-hydrogen) atoms. The lowest BCUT2D eigenvalue weighted by Crippen LogP contribution is -2.19. The molecule has 2 nitrogen and oxygen atoms in total. The van der Waals surface area contributed by atoms with Gasteiger partial charge in [-0.25, -0.2) is 4.39 Å². The predicted octanol–water partition coefficient (Wildman–Crippen LogP) is 4.77. The fourth-order valence-electron chi connectivity index (χ4n) is 2.91. The molecule has 0 spiro atoms. The molecule has 3 rings (SSSR count). The molecule has 0 heterocycles. The van der Waals surface area contributed by atoms with Gasteiger partial charge >= 0.3 is 0 Å². The van der Waals surface area contributed by atoms with Gasteiger partial charge in [-0.2, -0.15) is 0 Å². The van der Waals surface area contributed by atoms with E-state index in [0.29, 0.717) is 12.0 Å². The quantitative estimate of drug-likeness (QED) is 0.474. The number of nitrogens with one attached hydrogen (secondary N) is 1. The third-order valence-corrected chi connectivity index (χ3v) is 4.33. The van der Waals surface area contributed by atoms with E-state index in [0.717, 1.165) is 25.9 Å². The Kier molecular flexibility index (Phi) is 5.91. The van der Waals surface area contributed by atoms with Crippen LogP contribution in [0.25, 0.3) is 10.8 Å². The molecule has 0 amide bonds. The van der Waals surface area contributed by atoms with Gasteiger partial charge in [0.05, 0.1) is 0 Å². The van der Waals surface area contributed by atoms with Crippen molar-refractivity contribution < 1.29 is 9.18 Å². The maximum atomic E-state index is 12.8. The molecule has 3 aromatic rings. The summed E-state index contributed by atoms with van der Waals surface area (Å²) >= 11 is 0. The maximum absolute atomic E-state index is 12.8. The number of carbonyl (C=O) groups is 1. The van der Waals surface area contributed by atoms with Crippen molar-refractivity contribution in [2.75, 3.05) is 13.1 Å². The number of rotatable bonds is 8. The fourth-order valence-corrected chi connectivity index (χ4v) is 2.91. The molecule has 0 aliphatic carbocycles. The smallest absolute Gasteiger partial charge is 0.162 e. The number of hydrogen-bond acceptors (Lipinski definition) is 2. The molecule has 128 valence electrons. The summed E-state index contributed by atoms with van der Waals surface area (Å²) in [6, 6.07) is 20.7. The summed E-state index contributed by atoms with van der Waals surface area (Å²) in [5.74, 6) is -0.247. The molecule has 0 bridgehead atoms. The summed E-state index contributed by atoms with van der Waals surface area (Å²) in [5.41, 5.74) is 1.89. The molecule has 3 heteroatoms. The third kappa shape index (κ3) is 4.97. The zero-order chi connectivity index (χ0) is 17.5. The van der Waals surface area contributed by atoms with Crippen LogP contribution >= 0.6 is 0 Å². The van der Waals surface area contributed by atoms with Crippen LogP contribution in [0.2, 0.25) is 0 Å². The van der Waals surface area contributed by atoms with Crippen LogP contribution in [0.4, 0.5) is 4.39 Å². The van der Waals surface area contributed by atoms with Gasteiger partial charge in [-0.15, -0.1) is 0 Å². The van der Waals surface area contributed by atoms with Crippen molar-refractivity contribution in [2.45, 2.75) is 19.3 Å². The average Bonchev–Trinajstić information content (AvgIpc) is 2.65. The Morgan fingerprint density at radius 1 is 0.880 bits per heavy atom. The molecule has 1 N–H and O–H groups in total. The topological polar surface area (TPSA) is 29.1 Å². The SMILES string of the molecule is O=C(CCCNCCc1ccc2ccccc2c1)c1ccc(F)cc1. The molecule has 3 aromatic carbocycles. The summed E-state index contributed by atoms with van der Waals surface area (Å²) in [5, 5.41) is 5.92. The van der Waals surface area contributed by atoms with Crippen molar-refractivity contribution >= 4 is 16.6 Å². The van der Waals surface area contributed by atoms with Crippen LogP contribution in [0.15, 0.2) is 66.7 Å². The first kappa shape index (κ1) is 17.3. The predicted molar refractivity (Wildman–Crippen MR) is 100 cm³/mol. The lowest BCUT2D eigenvalue weighted by Gasteiger charge is -2.06. The van der Waals surface area contributed by atoms with Gasteiger partial charge in [-0.3, -0.25) is 4.79 Å². The Balaban J connectivity index is 1.37. The molecular formula is C22H22FNO. The van der Waals surface area contributed by atoms with Gasteiger partial charge in [0.25, 0.3) is 0 Å². The fraction of sp³-hybridized carbons (Fsp3) is 0.227. The molecule has 0 aromatic heterocycles. The van der Waals surface area contributed by atoms with E-state index in [1.54, 1.807) is 12.1 Å². The Labute approximate surface area is 147 Å². The third-order valence-electron chi connectivity index (χ3n) is 4.33. The van der Waals surface area contributed by atoms with Crippen LogP contribution in [-0.4, -0.2) is 18.9 Å². The summed E-state index contributed by atoms with van der Waals surface area (Å²) in [4.78, 5) is 12.0. The van der Waals surface area contributed by atoms with E-state index in [-0.39, 0.29) is 11.6 Å². The van der Waals surface area contributed by atoms with Gasteiger partial charge in [0.15, 0.2) is 5.78 Å². The first-order valence-electron chi connectivity index (χ1n) is 8.69. The number of hydrogen-bond donors (Lipinski definition) is 1. The molecule has 0 fully saturated rings. The number of ketones is 1. The Bertz CT molecular complexity index is 842. The van der Waals surface area contributed by atoms with Gasteiger partial charge in [-0.1, -0.05) is 42.5 Å². The minimum atomic E-state index is -0.313. The van der Waals surface area contributed by atoms with Crippen molar-refractivity contribution in [2.24, 2.45) is 0 Å². The zero-order valence-electron chi connectivity index (χ0n) is 14.2. The zero-order valence-corrected chi connectivity index (χ0v) is 14.2. The van der Waals surface area contributed by atoms with E-state index < -0.39 is 0 Å². The Morgan fingerprint density at radius 2 is 1.64 bits per heavy atom. The van der Waals surface area contributed by atoms with Gasteiger partial charge in [-0.05, 0) is 66.5 Å². The van der Waals surface area contributed by atoms with E-state index in [1.165, 1.54) is 28.5 Å². The minimum absolute atomic E-state index is 0.0660. The lowest BCUT2D eigenvalue weighted by atomic mass is 10.1. The first-order valence-corrected chi connectivity index (χ1v) is 8.69. The lowest BCUT2D eigenvalue weighted by molar-refractivity contribution is 0.0980. The van der Waals surface area contributed by atoms with Crippen molar-refractivity contribution in [1.82, 2.24) is 5.32 Å². The molecule has 0 radical (unpaired) electrons. The van der Waals surface area contributed by atoms with Gasteiger partial charge < -0.3 is 5.32 Å². The van der Waals surface area contributed by atoms with Gasteiger partial charge in [0.2, 0.25) is 0 Å². The normalized spacial score (nSPS) is 10.9. The standard InChI is InChI=1S/C22H22FNO/c23-21-11-9-19(10-12-21)22(25)6-3-14-24-15-13-17-7-8-18-4-1-2-5-20(18)16-17/h1-2,4-5,7-12,16,24H,3,6,13-15H2. The molecule has 0 atom stereocenters. The van der Waals surface area contributed by atoms with E-state index in [4.69, 9.17) is 0 Å². The number of carbonyl (C=O) groups excluding carboxylic acids is 1. The van der Waals surface area contributed by atoms with Crippen LogP contribution in [0.3, 0.4) is 0 Å². The second kappa shape index (κ2) is 8.54. The number of Topliss-reactive ketones (excluding diaryl/α,β-unsaturated/α-hetero) is 1. The van der Waals surface area contributed by atoms with Crippen molar-refractivity contribution in [3.8, 4) is 0 Å². The average molecular weight is 335 g/mol. The highest BCUT2D eigenvalue weighted by atomic mass is 19.1. The first-order chi connectivity index (χ1) is 12.2. The largest absolute Gasteiger partial charge is 0.316 e. The Morgan fingerprint density at radius 3 is 2.44 bits per heavy atom. The monoisotopic (exact) mass is 335 g/mol. The second-order valence-corrected chi connectivity index (χ2v) is 6.22. The van der Waals surface area contributed by atoms with Crippen molar-refractivity contribution in [3.63, 3.8) is 0 Å². The molecule has 0 saturated heterocycles. The number of benzene rings is 3. The molecule has 0 aliphatic rings. The van der Waals surface area contributed by atoms with Crippen molar-refractivity contribution in [3.05, 3.63) is 83.7 Å². The van der Waals surface area contributed by atoms with E-state index in [2.05, 4.69) is 47.8 Å². The maximum Gasteiger partial charge on any atom is 0.162 e. The Hall–Kier alpha value is -2.52. The van der Waals surface area contributed by atoms with E-state index in [1.807, 2.05) is 0 Å². The highest BCUT2D eigenvalue weighted by Gasteiger charge is 2.05. The number of fused-ring (bicyclic) bond motifs is 1. The van der Waals surface area contributed by atoms with Gasteiger partial charge in [0, 0.05) is 12.0 Å². The van der Waals surface area contributed by atoms with Crippen LogP contribution < -0.4 is 5.32 Å². The van der Waals surface area contributed by atoms with Gasteiger partial charge in [0.1, 0.15) is 5.82 Å². The molecule has 0 aliphatic heterocycles. The van der Waals surface area contributed by atoms with Crippen LogP contribution in [0.5, 0.6) is 0 Å². The summed E-state index contributed by atoms with van der Waals surface area (Å²) in [7, 11) is 0. The summed E-state index contributed by atoms with van der Waals surface area (Å²) in [6.45, 7) is 1.70. The van der Waals surface area contributed by atoms with Crippen LogP contribution in [0.1, 0.15) is 28.8 Å². The van der Waals surface area contributed by atoms with E-state index >= 15 is 0 Å². The van der Waals surface area contributed by atoms with Crippen molar-refractivity contribution in [1.29, 1.82) is 0 Å². The van der Waals surface area contributed by atoms with Crippen LogP contribution in [-0.2, 0) is 6.42 Å². The summed E-state index contributed by atoms with van der Waals surface area (Å²) in [6.07, 6.45) is 2.24. The molecule has 0 unspecified atom stereocenters. The molecule has 0 saturated carbocycles. The second-order valence-electron chi connectivity index (χ2n) is 6.22. The minimum Gasteiger partial charge on any atom is -0.316 e. The highest BCUT2D eigenvalue weighted by molar-refractivity contribution is 5.95. The van der Waals surface area contributed by atoms with Crippen LogP contribution in [0, 0.1) is 5.82 Å². The highest BCUT2D eigenvalue weighted by Crippen LogP contribution is 2.15.